The van der Waals surface area contributed by atoms with Crippen LogP contribution in [0.4, 0.5) is 4.39 Å². The number of carbonyl (C=O) groups is 2. The van der Waals surface area contributed by atoms with Crippen molar-refractivity contribution in [3.63, 3.8) is 0 Å². The number of esters is 1. The average Bonchev–Trinajstić information content (AvgIpc) is 2.32. The van der Waals surface area contributed by atoms with Crippen LogP contribution in [-0.2, 0) is 4.79 Å². The molecule has 0 atom stereocenters. The van der Waals surface area contributed by atoms with E-state index in [2.05, 4.69) is 0 Å². The van der Waals surface area contributed by atoms with E-state index in [9.17, 15) is 14.0 Å². The lowest BCUT2D eigenvalue weighted by Gasteiger charge is -2.11. The van der Waals surface area contributed by atoms with E-state index in [-0.39, 0.29) is 17.1 Å². The van der Waals surface area contributed by atoms with E-state index in [1.165, 1.54) is 13.8 Å². The number of ether oxygens (including phenoxy) is 1. The van der Waals surface area contributed by atoms with Gasteiger partial charge in [-0.05, 0) is 13.0 Å². The van der Waals surface area contributed by atoms with Crippen LogP contribution in [0.25, 0.3) is 10.8 Å². The second-order valence-electron chi connectivity index (χ2n) is 3.93. The molecule has 0 amide bonds. The molecule has 0 bridgehead atoms. The summed E-state index contributed by atoms with van der Waals surface area (Å²) in [6.45, 7) is 2.54. The molecule has 18 heavy (non-hydrogen) atoms. The molecular formula is C14H11FO3. The first kappa shape index (κ1) is 12.2. The zero-order valence-corrected chi connectivity index (χ0v) is 9.99. The Morgan fingerprint density at radius 2 is 1.72 bits per heavy atom. The van der Waals surface area contributed by atoms with E-state index < -0.39 is 11.8 Å². The zero-order chi connectivity index (χ0) is 13.3. The standard InChI is InChI=1S/C14H11FO3/c1-8(16)12-7-13(15)10-5-3-4-6-11(10)14(12)18-9(2)17/h3-7H,1-2H3. The predicted molar refractivity (Wildman–Crippen MR) is 65.2 cm³/mol. The fraction of sp³-hybridized carbons (Fsp3) is 0.143. The Hall–Kier alpha value is -2.23. The fourth-order valence-electron chi connectivity index (χ4n) is 1.82. The molecule has 92 valence electrons. The van der Waals surface area contributed by atoms with Crippen molar-refractivity contribution in [1.82, 2.24) is 0 Å². The number of Topliss-reactive ketones (excluding diaryl/α,β-unsaturated/α-hetero) is 1. The molecule has 0 fully saturated rings. The molecular weight excluding hydrogens is 235 g/mol. The maximum absolute atomic E-state index is 13.8. The van der Waals surface area contributed by atoms with Crippen molar-refractivity contribution < 1.29 is 18.7 Å². The van der Waals surface area contributed by atoms with Crippen LogP contribution < -0.4 is 4.74 Å². The van der Waals surface area contributed by atoms with Crippen molar-refractivity contribution >= 4 is 22.5 Å². The lowest BCUT2D eigenvalue weighted by Crippen LogP contribution is -2.07. The van der Waals surface area contributed by atoms with Gasteiger partial charge in [-0.1, -0.05) is 24.3 Å². The van der Waals surface area contributed by atoms with Gasteiger partial charge in [0.2, 0.25) is 0 Å². The van der Waals surface area contributed by atoms with Gasteiger partial charge in [-0.25, -0.2) is 4.39 Å². The Kier molecular flexibility index (Phi) is 3.10. The molecule has 2 rings (SSSR count). The van der Waals surface area contributed by atoms with Crippen LogP contribution in [0.15, 0.2) is 30.3 Å². The number of rotatable bonds is 2. The van der Waals surface area contributed by atoms with Gasteiger partial charge in [0.15, 0.2) is 5.78 Å². The number of ketones is 1. The molecule has 0 radical (unpaired) electrons. The van der Waals surface area contributed by atoms with Crippen molar-refractivity contribution in [1.29, 1.82) is 0 Å². The van der Waals surface area contributed by atoms with Crippen LogP contribution in [0.3, 0.4) is 0 Å². The van der Waals surface area contributed by atoms with Crippen LogP contribution in [0.5, 0.6) is 5.75 Å². The normalized spacial score (nSPS) is 10.4. The number of hydrogen-bond donors (Lipinski definition) is 0. The van der Waals surface area contributed by atoms with Crippen LogP contribution in [-0.4, -0.2) is 11.8 Å². The lowest BCUT2D eigenvalue weighted by atomic mass is 10.0. The van der Waals surface area contributed by atoms with E-state index >= 15 is 0 Å². The van der Waals surface area contributed by atoms with E-state index in [0.717, 1.165) is 6.07 Å². The van der Waals surface area contributed by atoms with Gasteiger partial charge >= 0.3 is 5.97 Å². The quantitative estimate of drug-likeness (QED) is 0.464. The van der Waals surface area contributed by atoms with Crippen molar-refractivity contribution in [3.05, 3.63) is 41.7 Å². The first-order valence-electron chi connectivity index (χ1n) is 5.41. The summed E-state index contributed by atoms with van der Waals surface area (Å²) < 4.78 is 18.9. The first-order valence-corrected chi connectivity index (χ1v) is 5.41. The Morgan fingerprint density at radius 1 is 1.11 bits per heavy atom. The molecule has 0 aliphatic rings. The largest absolute Gasteiger partial charge is 0.425 e. The Balaban J connectivity index is 2.83. The Morgan fingerprint density at radius 3 is 2.28 bits per heavy atom. The molecule has 0 aliphatic heterocycles. The van der Waals surface area contributed by atoms with E-state index in [0.29, 0.717) is 10.8 Å². The fourth-order valence-corrected chi connectivity index (χ4v) is 1.82. The summed E-state index contributed by atoms with van der Waals surface area (Å²) in [5.74, 6) is -1.29. The third-order valence-corrected chi connectivity index (χ3v) is 2.57. The number of carbonyl (C=O) groups excluding carboxylic acids is 2. The summed E-state index contributed by atoms with van der Waals surface area (Å²) in [4.78, 5) is 22.6. The highest BCUT2D eigenvalue weighted by Gasteiger charge is 2.17. The maximum atomic E-state index is 13.8. The average molecular weight is 246 g/mol. The molecule has 4 heteroatoms. The second-order valence-corrected chi connectivity index (χ2v) is 3.93. The number of fused-ring (bicyclic) bond motifs is 1. The molecule has 2 aromatic rings. The van der Waals surface area contributed by atoms with Crippen LogP contribution >= 0.6 is 0 Å². The third-order valence-electron chi connectivity index (χ3n) is 2.57. The zero-order valence-electron chi connectivity index (χ0n) is 9.99. The molecule has 0 N–H and O–H groups in total. The minimum absolute atomic E-state index is 0.0707. The van der Waals surface area contributed by atoms with E-state index in [4.69, 9.17) is 4.74 Å². The Labute approximate surface area is 103 Å². The number of benzene rings is 2. The first-order chi connectivity index (χ1) is 8.50. The van der Waals surface area contributed by atoms with Crippen LogP contribution in [0.2, 0.25) is 0 Å². The highest BCUT2D eigenvalue weighted by atomic mass is 19.1. The van der Waals surface area contributed by atoms with Gasteiger partial charge in [0.1, 0.15) is 11.6 Å². The van der Waals surface area contributed by atoms with Crippen molar-refractivity contribution in [2.45, 2.75) is 13.8 Å². The molecule has 0 unspecified atom stereocenters. The third kappa shape index (κ3) is 2.09. The highest BCUT2D eigenvalue weighted by molar-refractivity contribution is 6.04. The van der Waals surface area contributed by atoms with Gasteiger partial charge in [-0.3, -0.25) is 9.59 Å². The molecule has 3 nitrogen and oxygen atoms in total. The van der Waals surface area contributed by atoms with Crippen molar-refractivity contribution in [3.8, 4) is 5.75 Å². The topological polar surface area (TPSA) is 43.4 Å². The Bertz CT molecular complexity index is 647. The molecule has 0 aliphatic carbocycles. The molecule has 0 heterocycles. The van der Waals surface area contributed by atoms with E-state index in [1.807, 2.05) is 0 Å². The molecule has 0 saturated carbocycles. The van der Waals surface area contributed by atoms with Gasteiger partial charge in [0, 0.05) is 17.7 Å². The summed E-state index contributed by atoms with van der Waals surface area (Å²) in [5.41, 5.74) is 0.0707. The minimum atomic E-state index is -0.547. The molecule has 0 saturated heterocycles. The summed E-state index contributed by atoms with van der Waals surface area (Å²) in [6, 6.07) is 7.66. The van der Waals surface area contributed by atoms with Crippen LogP contribution in [0.1, 0.15) is 24.2 Å². The van der Waals surface area contributed by atoms with Gasteiger partial charge in [-0.2, -0.15) is 0 Å². The number of halogens is 1. The second kappa shape index (κ2) is 4.56. The molecule has 2 aromatic carbocycles. The SMILES string of the molecule is CC(=O)Oc1c(C(C)=O)cc(F)c2ccccc12. The monoisotopic (exact) mass is 246 g/mol. The van der Waals surface area contributed by atoms with Crippen molar-refractivity contribution in [2.75, 3.05) is 0 Å². The smallest absolute Gasteiger partial charge is 0.308 e. The molecule has 0 aromatic heterocycles. The number of hydrogen-bond acceptors (Lipinski definition) is 3. The minimum Gasteiger partial charge on any atom is -0.425 e. The van der Waals surface area contributed by atoms with Gasteiger partial charge in [-0.15, -0.1) is 0 Å². The van der Waals surface area contributed by atoms with Gasteiger partial charge < -0.3 is 4.74 Å². The predicted octanol–water partition coefficient (Wildman–Crippen LogP) is 3.11. The summed E-state index contributed by atoms with van der Waals surface area (Å²) >= 11 is 0. The summed E-state index contributed by atoms with van der Waals surface area (Å²) in [5, 5.41) is 0.733. The lowest BCUT2D eigenvalue weighted by molar-refractivity contribution is -0.131. The highest BCUT2D eigenvalue weighted by Crippen LogP contribution is 2.32. The van der Waals surface area contributed by atoms with Gasteiger partial charge in [0.25, 0.3) is 0 Å². The van der Waals surface area contributed by atoms with Crippen molar-refractivity contribution in [2.24, 2.45) is 0 Å². The summed E-state index contributed by atoms with van der Waals surface area (Å²) in [7, 11) is 0. The van der Waals surface area contributed by atoms with Gasteiger partial charge in [0.05, 0.1) is 5.56 Å². The maximum Gasteiger partial charge on any atom is 0.308 e. The van der Waals surface area contributed by atoms with Crippen LogP contribution in [0, 0.1) is 5.82 Å². The summed E-state index contributed by atoms with van der Waals surface area (Å²) in [6.07, 6.45) is 0. The molecule has 0 spiro atoms. The van der Waals surface area contributed by atoms with E-state index in [1.54, 1.807) is 24.3 Å².